The van der Waals surface area contributed by atoms with Crippen LogP contribution in [-0.2, 0) is 15.6 Å². The second-order valence-electron chi connectivity index (χ2n) is 1.95. The van der Waals surface area contributed by atoms with Crippen molar-refractivity contribution in [2.75, 3.05) is 18.1 Å². The van der Waals surface area contributed by atoms with Crippen LogP contribution in [0.2, 0.25) is 0 Å². The summed E-state index contributed by atoms with van der Waals surface area (Å²) in [6, 6.07) is 0. The third-order valence-electron chi connectivity index (χ3n) is 1.21. The zero-order valence-electron chi connectivity index (χ0n) is 5.05. The molecule has 9 heavy (non-hydrogen) atoms. The number of carbonyl (C=O) groups is 1. The summed E-state index contributed by atoms with van der Waals surface area (Å²) >= 11 is 0. The van der Waals surface area contributed by atoms with Crippen molar-refractivity contribution in [1.29, 1.82) is 0 Å². The molecule has 0 spiro atoms. The molecule has 0 saturated carbocycles. The van der Waals surface area contributed by atoms with Gasteiger partial charge in [0.25, 0.3) is 0 Å². The van der Waals surface area contributed by atoms with E-state index >= 15 is 0 Å². The summed E-state index contributed by atoms with van der Waals surface area (Å²) in [6.45, 7) is 0.575. The van der Waals surface area contributed by atoms with Crippen molar-refractivity contribution < 1.29 is 9.00 Å². The van der Waals surface area contributed by atoms with Crippen LogP contribution in [0.25, 0.3) is 0 Å². The minimum Gasteiger partial charge on any atom is -0.355 e. The molecule has 0 unspecified atom stereocenters. The first-order valence-electron chi connectivity index (χ1n) is 2.91. The van der Waals surface area contributed by atoms with E-state index in [1.54, 1.807) is 0 Å². The molecule has 4 heteroatoms. The van der Waals surface area contributed by atoms with Gasteiger partial charge in [-0.3, -0.25) is 9.00 Å². The standard InChI is InChI=1S/C5H9NO2S/c7-5-1-3-9(8)4-2-6-5/h1-4H2,(H,6,7)/t9-/m0/s1. The third-order valence-corrected chi connectivity index (χ3v) is 2.53. The summed E-state index contributed by atoms with van der Waals surface area (Å²) in [6.07, 6.45) is 0.423. The van der Waals surface area contributed by atoms with Crippen LogP contribution in [0, 0.1) is 0 Å². The van der Waals surface area contributed by atoms with Crippen LogP contribution in [0.1, 0.15) is 6.42 Å². The highest BCUT2D eigenvalue weighted by Gasteiger charge is 2.09. The predicted molar refractivity (Wildman–Crippen MR) is 35.5 cm³/mol. The summed E-state index contributed by atoms with van der Waals surface area (Å²) in [4.78, 5) is 10.6. The maximum atomic E-state index is 10.7. The van der Waals surface area contributed by atoms with E-state index in [2.05, 4.69) is 5.32 Å². The van der Waals surface area contributed by atoms with Crippen LogP contribution in [0.5, 0.6) is 0 Å². The predicted octanol–water partition coefficient (Wildman–Crippen LogP) is -0.745. The van der Waals surface area contributed by atoms with E-state index in [9.17, 15) is 9.00 Å². The molecule has 3 nitrogen and oxygen atoms in total. The van der Waals surface area contributed by atoms with Crippen molar-refractivity contribution in [3.8, 4) is 0 Å². The van der Waals surface area contributed by atoms with E-state index in [0.29, 0.717) is 24.5 Å². The van der Waals surface area contributed by atoms with Crippen LogP contribution in [-0.4, -0.2) is 28.2 Å². The molecule has 1 amide bonds. The highest BCUT2D eigenvalue weighted by molar-refractivity contribution is 7.85. The fourth-order valence-electron chi connectivity index (χ4n) is 0.701. The van der Waals surface area contributed by atoms with Gasteiger partial charge in [0.2, 0.25) is 5.91 Å². The van der Waals surface area contributed by atoms with Crippen molar-refractivity contribution in [2.24, 2.45) is 0 Å². The summed E-state index contributed by atoms with van der Waals surface area (Å²) in [5.74, 6) is 1.18. The highest BCUT2D eigenvalue weighted by atomic mass is 32.2. The molecule has 0 aromatic rings. The Morgan fingerprint density at radius 1 is 1.44 bits per heavy atom. The van der Waals surface area contributed by atoms with Gasteiger partial charge in [0.1, 0.15) is 0 Å². The largest absolute Gasteiger partial charge is 0.355 e. The monoisotopic (exact) mass is 147 g/mol. The van der Waals surface area contributed by atoms with E-state index in [0.717, 1.165) is 0 Å². The molecular formula is C5H9NO2S. The van der Waals surface area contributed by atoms with Crippen LogP contribution >= 0.6 is 0 Å². The maximum absolute atomic E-state index is 10.7. The number of carbonyl (C=O) groups excluding carboxylic acids is 1. The van der Waals surface area contributed by atoms with Crippen molar-refractivity contribution in [2.45, 2.75) is 6.42 Å². The average molecular weight is 147 g/mol. The van der Waals surface area contributed by atoms with Gasteiger partial charge >= 0.3 is 0 Å². The van der Waals surface area contributed by atoms with Crippen LogP contribution in [0.3, 0.4) is 0 Å². The average Bonchev–Trinajstić information content (AvgIpc) is 1.97. The Kier molecular flexibility index (Phi) is 2.22. The molecule has 0 aliphatic carbocycles. The Balaban J connectivity index is 2.43. The van der Waals surface area contributed by atoms with Gasteiger partial charge in [-0.15, -0.1) is 0 Å². The molecule has 1 fully saturated rings. The van der Waals surface area contributed by atoms with E-state index in [1.807, 2.05) is 0 Å². The van der Waals surface area contributed by atoms with Crippen LogP contribution < -0.4 is 5.32 Å². The van der Waals surface area contributed by atoms with Gasteiger partial charge in [0, 0.05) is 35.3 Å². The lowest BCUT2D eigenvalue weighted by atomic mass is 10.4. The summed E-state index contributed by atoms with van der Waals surface area (Å²) in [7, 11) is -0.762. The number of amides is 1. The van der Waals surface area contributed by atoms with Crippen LogP contribution in [0.4, 0.5) is 0 Å². The first-order valence-corrected chi connectivity index (χ1v) is 4.39. The molecule has 52 valence electrons. The maximum Gasteiger partial charge on any atom is 0.220 e. The fraction of sp³-hybridized carbons (Fsp3) is 0.800. The summed E-state index contributed by atoms with van der Waals surface area (Å²) in [5, 5.41) is 2.64. The quantitative estimate of drug-likeness (QED) is 0.490. The minimum atomic E-state index is -0.762. The second-order valence-corrected chi connectivity index (χ2v) is 3.64. The molecule has 1 aliphatic rings. The van der Waals surface area contributed by atoms with Gasteiger partial charge in [-0.05, 0) is 0 Å². The molecule has 0 bridgehead atoms. The molecule has 1 heterocycles. The van der Waals surface area contributed by atoms with Crippen molar-refractivity contribution in [3.63, 3.8) is 0 Å². The van der Waals surface area contributed by atoms with E-state index in [4.69, 9.17) is 0 Å². The summed E-state index contributed by atoms with van der Waals surface area (Å²) in [5.41, 5.74) is 0. The zero-order chi connectivity index (χ0) is 6.69. The van der Waals surface area contributed by atoms with Crippen LogP contribution in [0.15, 0.2) is 0 Å². The number of rotatable bonds is 0. The number of nitrogens with one attached hydrogen (secondary N) is 1. The first kappa shape index (κ1) is 6.74. The van der Waals surface area contributed by atoms with Crippen molar-refractivity contribution >= 4 is 16.7 Å². The fourth-order valence-corrected chi connectivity index (χ4v) is 1.65. The van der Waals surface area contributed by atoms with Gasteiger partial charge in [0.15, 0.2) is 0 Å². The smallest absolute Gasteiger partial charge is 0.220 e. The van der Waals surface area contributed by atoms with Gasteiger partial charge in [-0.2, -0.15) is 0 Å². The van der Waals surface area contributed by atoms with Gasteiger partial charge in [-0.1, -0.05) is 0 Å². The SMILES string of the molecule is O=C1CC[S@](=O)CCN1. The first-order chi connectivity index (χ1) is 4.29. The molecule has 0 aromatic carbocycles. The molecular weight excluding hydrogens is 138 g/mol. The molecule has 1 N–H and O–H groups in total. The van der Waals surface area contributed by atoms with Crippen molar-refractivity contribution in [1.82, 2.24) is 5.32 Å². The minimum absolute atomic E-state index is 0.0286. The molecule has 0 radical (unpaired) electrons. The Bertz CT molecular complexity index is 130. The number of hydrogen-bond donors (Lipinski definition) is 1. The molecule has 1 saturated heterocycles. The third kappa shape index (κ3) is 2.13. The normalized spacial score (nSPS) is 28.9. The summed E-state index contributed by atoms with van der Waals surface area (Å²) < 4.78 is 10.7. The van der Waals surface area contributed by atoms with E-state index in [1.165, 1.54) is 0 Å². The lowest BCUT2D eigenvalue weighted by Crippen LogP contribution is -2.23. The van der Waals surface area contributed by atoms with Gasteiger partial charge < -0.3 is 5.32 Å². The Morgan fingerprint density at radius 3 is 3.00 bits per heavy atom. The van der Waals surface area contributed by atoms with Gasteiger partial charge in [0.05, 0.1) is 0 Å². The Morgan fingerprint density at radius 2 is 2.22 bits per heavy atom. The second kappa shape index (κ2) is 2.96. The Labute approximate surface area is 56.3 Å². The number of hydrogen-bond acceptors (Lipinski definition) is 2. The molecule has 0 aromatic heterocycles. The Hall–Kier alpha value is -0.380. The molecule has 1 rings (SSSR count). The van der Waals surface area contributed by atoms with E-state index < -0.39 is 10.8 Å². The van der Waals surface area contributed by atoms with Crippen molar-refractivity contribution in [3.05, 3.63) is 0 Å². The van der Waals surface area contributed by atoms with Gasteiger partial charge in [-0.25, -0.2) is 0 Å². The molecule has 1 atom stereocenters. The highest BCUT2D eigenvalue weighted by Crippen LogP contribution is 1.91. The molecule has 1 aliphatic heterocycles. The lowest BCUT2D eigenvalue weighted by Gasteiger charge is -1.92. The van der Waals surface area contributed by atoms with E-state index in [-0.39, 0.29) is 5.91 Å². The zero-order valence-corrected chi connectivity index (χ0v) is 5.87. The topological polar surface area (TPSA) is 46.2 Å². The lowest BCUT2D eigenvalue weighted by molar-refractivity contribution is -0.120.